The van der Waals surface area contributed by atoms with Crippen LogP contribution in [0.15, 0.2) is 12.7 Å². The van der Waals surface area contributed by atoms with Crippen LogP contribution >= 0.6 is 0 Å². The minimum atomic E-state index is -1.15. The highest BCUT2D eigenvalue weighted by Crippen LogP contribution is 2.43. The molecule has 2 heterocycles. The topological polar surface area (TPSA) is 157 Å². The van der Waals surface area contributed by atoms with Gasteiger partial charge in [0.05, 0.1) is 12.1 Å². The maximum Gasteiger partial charge on any atom is 0.315 e. The Morgan fingerprint density at radius 2 is 1.71 bits per heavy atom. The van der Waals surface area contributed by atoms with Gasteiger partial charge in [-0.2, -0.15) is 0 Å². The molecule has 6 amide bonds. The van der Waals surface area contributed by atoms with Crippen molar-refractivity contribution in [2.75, 3.05) is 26.2 Å². The molecule has 6 atom stereocenters. The second-order valence-corrected chi connectivity index (χ2v) is 15.6. The van der Waals surface area contributed by atoms with E-state index in [1.165, 1.54) is 6.08 Å². The third kappa shape index (κ3) is 9.83. The Morgan fingerprint density at radius 3 is 2.31 bits per heavy atom. The summed E-state index contributed by atoms with van der Waals surface area (Å²) in [5.74, 6) is -0.0524. The highest BCUT2D eigenvalue weighted by molar-refractivity contribution is 6.38. The van der Waals surface area contributed by atoms with Gasteiger partial charge in [-0.25, -0.2) is 4.79 Å². The molecule has 0 bridgehead atoms. The number of piperidine rings is 1. The Bertz CT molecular complexity index is 1280. The number of terminal acetylenes is 1. The molecule has 12 nitrogen and oxygen atoms in total. The van der Waals surface area contributed by atoms with E-state index >= 15 is 0 Å². The zero-order chi connectivity index (χ0) is 35.8. The molecule has 0 spiro atoms. The van der Waals surface area contributed by atoms with Gasteiger partial charge in [-0.1, -0.05) is 54.0 Å². The number of rotatable bonds is 13. The van der Waals surface area contributed by atoms with Gasteiger partial charge in [-0.05, 0) is 54.8 Å². The molecular formula is C36H56N6O6. The number of fused-ring (bicyclic) bond motifs is 1. The molecule has 48 heavy (non-hydrogen) atoms. The van der Waals surface area contributed by atoms with Gasteiger partial charge in [0.25, 0.3) is 5.91 Å². The van der Waals surface area contributed by atoms with Crippen molar-refractivity contribution in [3.8, 4) is 12.3 Å². The predicted octanol–water partition coefficient (Wildman–Crippen LogP) is 2.52. The lowest BCUT2D eigenvalue weighted by atomic mass is 9.85. The summed E-state index contributed by atoms with van der Waals surface area (Å²) in [7, 11) is 0. The number of hydrogen-bond donors (Lipinski definition) is 4. The summed E-state index contributed by atoms with van der Waals surface area (Å²) in [6.07, 6.45) is 11.9. The van der Waals surface area contributed by atoms with Gasteiger partial charge in [-0.3, -0.25) is 24.0 Å². The van der Waals surface area contributed by atoms with Crippen LogP contribution in [0, 0.1) is 35.0 Å². The first kappa shape index (κ1) is 38.6. The molecule has 0 aromatic heterocycles. The average Bonchev–Trinajstić information content (AvgIpc) is 3.61. The van der Waals surface area contributed by atoms with Crippen molar-refractivity contribution in [2.24, 2.45) is 22.7 Å². The highest BCUT2D eigenvalue weighted by atomic mass is 16.2. The number of hydrogen-bond acceptors (Lipinski definition) is 6. The molecule has 266 valence electrons. The monoisotopic (exact) mass is 668 g/mol. The first-order valence-corrected chi connectivity index (χ1v) is 17.3. The molecule has 0 aromatic carbocycles. The molecule has 0 aromatic rings. The van der Waals surface area contributed by atoms with Crippen molar-refractivity contribution in [2.45, 2.75) is 117 Å². The molecule has 1 unspecified atom stereocenters. The van der Waals surface area contributed by atoms with Gasteiger partial charge in [0, 0.05) is 39.0 Å². The number of urea groups is 1. The number of amides is 6. The molecule has 2 saturated heterocycles. The fourth-order valence-corrected chi connectivity index (χ4v) is 6.99. The third-order valence-electron chi connectivity index (χ3n) is 9.85. The summed E-state index contributed by atoms with van der Waals surface area (Å²) in [4.78, 5) is 83.4. The van der Waals surface area contributed by atoms with E-state index in [0.29, 0.717) is 26.1 Å². The summed E-state index contributed by atoms with van der Waals surface area (Å²) < 4.78 is 0. The maximum atomic E-state index is 14.4. The molecule has 3 aliphatic rings. The van der Waals surface area contributed by atoms with E-state index in [9.17, 15) is 28.8 Å². The van der Waals surface area contributed by atoms with Crippen molar-refractivity contribution in [3.05, 3.63) is 12.7 Å². The van der Waals surface area contributed by atoms with Crippen molar-refractivity contribution >= 4 is 35.4 Å². The lowest BCUT2D eigenvalue weighted by molar-refractivity contribution is -0.144. The largest absolute Gasteiger partial charge is 0.346 e. The van der Waals surface area contributed by atoms with Crippen LogP contribution < -0.4 is 21.3 Å². The van der Waals surface area contributed by atoms with Crippen LogP contribution in [0.2, 0.25) is 0 Å². The Labute approximate surface area is 285 Å². The molecular weight excluding hydrogens is 612 g/mol. The molecule has 2 aliphatic heterocycles. The third-order valence-corrected chi connectivity index (χ3v) is 9.85. The molecule has 12 heteroatoms. The molecule has 1 aliphatic carbocycles. The van der Waals surface area contributed by atoms with Gasteiger partial charge >= 0.3 is 6.03 Å². The van der Waals surface area contributed by atoms with E-state index < -0.39 is 47.2 Å². The average molecular weight is 669 g/mol. The summed E-state index contributed by atoms with van der Waals surface area (Å²) in [6, 6.07) is -3.91. The van der Waals surface area contributed by atoms with Gasteiger partial charge in [0.15, 0.2) is 0 Å². The van der Waals surface area contributed by atoms with Crippen molar-refractivity contribution < 1.29 is 28.8 Å². The first-order chi connectivity index (χ1) is 22.5. The van der Waals surface area contributed by atoms with Crippen molar-refractivity contribution in [1.29, 1.82) is 0 Å². The first-order valence-electron chi connectivity index (χ1n) is 17.3. The zero-order valence-electron chi connectivity index (χ0n) is 29.7. The van der Waals surface area contributed by atoms with E-state index in [2.05, 4.69) is 33.8 Å². The zero-order valence-corrected chi connectivity index (χ0v) is 29.7. The number of ketones is 1. The van der Waals surface area contributed by atoms with Gasteiger partial charge in [0.1, 0.15) is 12.1 Å². The summed E-state index contributed by atoms with van der Waals surface area (Å²) in [6.45, 7) is 16.5. The number of carbonyl (C=O) groups is 6. The molecule has 3 rings (SSSR count). The molecule has 4 N–H and O–H groups in total. The Kier molecular flexibility index (Phi) is 13.2. The number of carbonyl (C=O) groups excluding carboxylic acids is 6. The van der Waals surface area contributed by atoms with Crippen LogP contribution in [0.3, 0.4) is 0 Å². The minimum Gasteiger partial charge on any atom is -0.346 e. The standard InChI is InChI=1S/C36H56N6O6/c1-9-11-17-25(29(44)32(46)37-19-10-2)38-31(45)28-24-16-14-15-23(24)21-42(28)33(47)30(36(6,7)8)40-34(48)39-26(35(3,4)5)22-41-20-13-12-18-27(41)43/h1,10,23-26,28,30H,2,11-22H2,3-8H3,(H,37,46)(H,38,45)(H2,39,40,48)/t23-,24-,25?,26+,28-,30+/m0/s1. The SMILES string of the molecule is C#CCCC(NC(=O)[C@@H]1[C@H]2CCC[C@H]2CN1C(=O)[C@@H](NC(=O)N[C@H](CN1CCCCC1=O)C(C)(C)C)C(C)(C)C)C(=O)C(=O)NCC=C. The summed E-state index contributed by atoms with van der Waals surface area (Å²) in [5.41, 5.74) is -1.09. The maximum absolute atomic E-state index is 14.4. The number of nitrogens with zero attached hydrogens (tertiary/aromatic N) is 2. The predicted molar refractivity (Wildman–Crippen MR) is 183 cm³/mol. The second kappa shape index (κ2) is 16.5. The normalized spacial score (nSPS) is 22.9. The van der Waals surface area contributed by atoms with E-state index in [1.807, 2.05) is 41.5 Å². The fraction of sp³-hybridized carbons (Fsp3) is 0.722. The van der Waals surface area contributed by atoms with Crippen LogP contribution in [-0.4, -0.2) is 95.6 Å². The molecule has 0 radical (unpaired) electrons. The van der Waals surface area contributed by atoms with E-state index in [-0.39, 0.29) is 54.5 Å². The second-order valence-electron chi connectivity index (χ2n) is 15.6. The van der Waals surface area contributed by atoms with Crippen LogP contribution in [0.1, 0.15) is 92.9 Å². The van der Waals surface area contributed by atoms with Crippen LogP contribution in [0.4, 0.5) is 4.79 Å². The van der Waals surface area contributed by atoms with E-state index in [4.69, 9.17) is 6.42 Å². The van der Waals surface area contributed by atoms with Gasteiger partial charge in [0.2, 0.25) is 23.5 Å². The minimum absolute atomic E-state index is 0.0711. The van der Waals surface area contributed by atoms with Gasteiger partial charge in [-0.15, -0.1) is 18.9 Å². The van der Waals surface area contributed by atoms with Crippen molar-refractivity contribution in [1.82, 2.24) is 31.1 Å². The lowest BCUT2D eigenvalue weighted by Gasteiger charge is -2.39. The smallest absolute Gasteiger partial charge is 0.315 e. The van der Waals surface area contributed by atoms with Crippen molar-refractivity contribution in [3.63, 3.8) is 0 Å². The number of Topliss-reactive ketones (excluding diaryl/α,β-unsaturated/α-hetero) is 1. The van der Waals surface area contributed by atoms with E-state index in [1.54, 1.807) is 9.80 Å². The summed E-state index contributed by atoms with van der Waals surface area (Å²) in [5, 5.41) is 11.2. The highest BCUT2D eigenvalue weighted by Gasteiger charge is 2.52. The Morgan fingerprint density at radius 1 is 1.00 bits per heavy atom. The van der Waals surface area contributed by atoms with Crippen LogP contribution in [-0.2, 0) is 24.0 Å². The fourth-order valence-electron chi connectivity index (χ4n) is 6.99. The quantitative estimate of drug-likeness (QED) is 0.134. The number of nitrogens with one attached hydrogen (secondary N) is 4. The number of likely N-dealkylation sites (tertiary alicyclic amines) is 2. The van der Waals surface area contributed by atoms with E-state index in [0.717, 1.165) is 32.1 Å². The summed E-state index contributed by atoms with van der Waals surface area (Å²) >= 11 is 0. The van der Waals surface area contributed by atoms with Gasteiger partial charge < -0.3 is 31.1 Å². The Hall–Kier alpha value is -3.88. The Balaban J connectivity index is 1.82. The molecule has 3 fully saturated rings. The van der Waals surface area contributed by atoms with Crippen LogP contribution in [0.5, 0.6) is 0 Å². The van der Waals surface area contributed by atoms with Crippen LogP contribution in [0.25, 0.3) is 0 Å². The lowest BCUT2D eigenvalue weighted by Crippen LogP contribution is -2.62. The molecule has 1 saturated carbocycles.